The first-order chi connectivity index (χ1) is 7.74. The zero-order chi connectivity index (χ0) is 12.0. The summed E-state index contributed by atoms with van der Waals surface area (Å²) in [6.45, 7) is 7.91. The molecule has 2 N–H and O–H groups in total. The molecule has 0 bridgehead atoms. The smallest absolute Gasteiger partial charge is 0.0897 e. The van der Waals surface area contributed by atoms with Crippen molar-refractivity contribution >= 4 is 11.3 Å². The maximum atomic E-state index is 4.50. The van der Waals surface area contributed by atoms with Gasteiger partial charge in [0.25, 0.3) is 0 Å². The van der Waals surface area contributed by atoms with E-state index in [1.807, 2.05) is 17.5 Å². The highest BCUT2D eigenvalue weighted by Crippen LogP contribution is 2.14. The Labute approximate surface area is 102 Å². The van der Waals surface area contributed by atoms with Crippen LogP contribution in [0.25, 0.3) is 0 Å². The Hall–Kier alpha value is -0.490. The van der Waals surface area contributed by atoms with Crippen LogP contribution in [0, 0.1) is 6.92 Å². The van der Waals surface area contributed by atoms with E-state index >= 15 is 0 Å². The fraction of sp³-hybridized carbons (Fsp3) is 0.727. The van der Waals surface area contributed by atoms with Crippen LogP contribution in [0.3, 0.4) is 0 Å². The van der Waals surface area contributed by atoms with E-state index in [4.69, 9.17) is 0 Å². The third-order valence-corrected chi connectivity index (χ3v) is 3.54. The Morgan fingerprint density at radius 1 is 1.31 bits per heavy atom. The van der Waals surface area contributed by atoms with Gasteiger partial charge >= 0.3 is 0 Å². The number of rotatable bonds is 2. The topological polar surface area (TPSA) is 45.4 Å². The predicted octanol–water partition coefficient (Wildman–Crippen LogP) is 0.774. The summed E-state index contributed by atoms with van der Waals surface area (Å²) in [5.41, 5.74) is 4.50. The van der Waals surface area contributed by atoms with E-state index < -0.39 is 0 Å². The molecule has 4 nitrogen and oxygen atoms in total. The van der Waals surface area contributed by atoms with Gasteiger partial charge in [0.15, 0.2) is 0 Å². The molecule has 1 aliphatic heterocycles. The number of nitrogens with two attached hydrogens (primary N) is 1. The van der Waals surface area contributed by atoms with Crippen LogP contribution in [0.5, 0.6) is 0 Å². The average molecular weight is 242 g/mol. The summed E-state index contributed by atoms with van der Waals surface area (Å²) in [6.07, 6.45) is 2.01. The molecule has 0 aliphatic carbocycles. The number of likely N-dealkylation sites (N-methyl/N-ethyl adjacent to an activating group) is 1. The van der Waals surface area contributed by atoms with Crippen molar-refractivity contribution in [3.8, 4) is 0 Å². The molecule has 2 rings (SSSR count). The molecule has 1 aromatic heterocycles. The molecule has 92 valence electrons. The molecule has 0 radical (unpaired) electrons. The number of piperazine rings is 1. The monoisotopic (exact) mass is 242 g/mol. The van der Waals surface area contributed by atoms with Crippen LogP contribution < -0.4 is 5.73 Å². The summed E-state index contributed by atoms with van der Waals surface area (Å²) in [4.78, 5) is 10.6. The van der Waals surface area contributed by atoms with Gasteiger partial charge in [-0.2, -0.15) is 0 Å². The van der Waals surface area contributed by atoms with E-state index in [0.29, 0.717) is 0 Å². The first-order valence-corrected chi connectivity index (χ1v) is 6.45. The standard InChI is InChI=1S/C10H17N3S.CH5N/c1-9-11-7-10(14-9)8-13-5-3-12(2)4-6-13;1-2/h7H,3-6,8H2,1-2H3;2H2,1H3. The molecule has 2 heterocycles. The Kier molecular flexibility index (Phi) is 5.90. The predicted molar refractivity (Wildman–Crippen MR) is 69.7 cm³/mol. The molecular weight excluding hydrogens is 220 g/mol. The summed E-state index contributed by atoms with van der Waals surface area (Å²) in [7, 11) is 3.69. The molecular formula is C11H22N4S. The molecule has 1 fully saturated rings. The Balaban J connectivity index is 0.000000606. The van der Waals surface area contributed by atoms with E-state index in [2.05, 4.69) is 34.5 Å². The third kappa shape index (κ3) is 4.17. The lowest BCUT2D eigenvalue weighted by molar-refractivity contribution is 0.149. The number of nitrogens with zero attached hydrogens (tertiary/aromatic N) is 3. The van der Waals surface area contributed by atoms with Crippen molar-refractivity contribution in [3.63, 3.8) is 0 Å². The fourth-order valence-corrected chi connectivity index (χ4v) is 2.54. The second-order valence-corrected chi connectivity index (χ2v) is 5.24. The second-order valence-electron chi connectivity index (χ2n) is 3.93. The van der Waals surface area contributed by atoms with Crippen LogP contribution in [-0.4, -0.2) is 55.1 Å². The van der Waals surface area contributed by atoms with Crippen molar-refractivity contribution in [2.75, 3.05) is 40.3 Å². The Bertz CT molecular complexity index is 292. The molecule has 1 aliphatic rings. The number of hydrogen-bond acceptors (Lipinski definition) is 5. The zero-order valence-corrected chi connectivity index (χ0v) is 11.3. The minimum Gasteiger partial charge on any atom is -0.333 e. The zero-order valence-electron chi connectivity index (χ0n) is 10.4. The minimum atomic E-state index is 1.08. The normalized spacial score (nSPS) is 18.0. The van der Waals surface area contributed by atoms with Crippen molar-refractivity contribution in [3.05, 3.63) is 16.1 Å². The van der Waals surface area contributed by atoms with Crippen LogP contribution in [0.2, 0.25) is 0 Å². The van der Waals surface area contributed by atoms with E-state index in [1.54, 1.807) is 0 Å². The van der Waals surface area contributed by atoms with Crippen LogP contribution in [0.4, 0.5) is 0 Å². The van der Waals surface area contributed by atoms with Gasteiger partial charge in [-0.05, 0) is 21.0 Å². The van der Waals surface area contributed by atoms with Crippen LogP contribution in [0.15, 0.2) is 6.20 Å². The summed E-state index contributed by atoms with van der Waals surface area (Å²) in [5.74, 6) is 0. The SMILES string of the molecule is CN.Cc1ncc(CN2CCN(C)CC2)s1. The molecule has 1 aromatic rings. The van der Waals surface area contributed by atoms with Gasteiger partial charge in [0, 0.05) is 43.8 Å². The van der Waals surface area contributed by atoms with Gasteiger partial charge in [-0.3, -0.25) is 4.90 Å². The summed E-state index contributed by atoms with van der Waals surface area (Å²) in [6, 6.07) is 0. The lowest BCUT2D eigenvalue weighted by Gasteiger charge is -2.31. The quantitative estimate of drug-likeness (QED) is 0.832. The molecule has 16 heavy (non-hydrogen) atoms. The highest BCUT2D eigenvalue weighted by Gasteiger charge is 2.14. The molecule has 0 aromatic carbocycles. The van der Waals surface area contributed by atoms with Crippen molar-refractivity contribution in [1.82, 2.24) is 14.8 Å². The van der Waals surface area contributed by atoms with E-state index in [1.165, 1.54) is 43.1 Å². The summed E-state index contributed by atoms with van der Waals surface area (Å²) >= 11 is 1.82. The van der Waals surface area contributed by atoms with Gasteiger partial charge in [0.2, 0.25) is 0 Å². The van der Waals surface area contributed by atoms with Gasteiger partial charge in [-0.25, -0.2) is 4.98 Å². The number of aromatic nitrogens is 1. The summed E-state index contributed by atoms with van der Waals surface area (Å²) < 4.78 is 0. The van der Waals surface area contributed by atoms with Gasteiger partial charge in [0.05, 0.1) is 5.01 Å². The minimum absolute atomic E-state index is 1.08. The number of thiazole rings is 1. The molecule has 5 heteroatoms. The molecule has 0 saturated carbocycles. The van der Waals surface area contributed by atoms with Crippen molar-refractivity contribution < 1.29 is 0 Å². The summed E-state index contributed by atoms with van der Waals surface area (Å²) in [5, 5.41) is 1.18. The maximum absolute atomic E-state index is 4.50. The highest BCUT2D eigenvalue weighted by atomic mass is 32.1. The number of aryl methyl sites for hydroxylation is 1. The molecule has 0 unspecified atom stereocenters. The second kappa shape index (κ2) is 6.96. The lowest BCUT2D eigenvalue weighted by atomic mass is 10.3. The molecule has 0 amide bonds. The van der Waals surface area contributed by atoms with Crippen LogP contribution >= 0.6 is 11.3 Å². The largest absolute Gasteiger partial charge is 0.333 e. The fourth-order valence-electron chi connectivity index (χ4n) is 1.70. The lowest BCUT2D eigenvalue weighted by Crippen LogP contribution is -2.43. The average Bonchev–Trinajstić information content (AvgIpc) is 2.70. The molecule has 0 spiro atoms. The van der Waals surface area contributed by atoms with Gasteiger partial charge in [-0.15, -0.1) is 11.3 Å². The van der Waals surface area contributed by atoms with E-state index in [0.717, 1.165) is 6.54 Å². The Morgan fingerprint density at radius 2 is 1.94 bits per heavy atom. The van der Waals surface area contributed by atoms with E-state index in [-0.39, 0.29) is 0 Å². The van der Waals surface area contributed by atoms with Crippen molar-refractivity contribution in [1.29, 1.82) is 0 Å². The van der Waals surface area contributed by atoms with Crippen LogP contribution in [0.1, 0.15) is 9.88 Å². The first-order valence-electron chi connectivity index (χ1n) is 5.64. The molecule has 1 saturated heterocycles. The van der Waals surface area contributed by atoms with Gasteiger partial charge in [-0.1, -0.05) is 0 Å². The molecule has 0 atom stereocenters. The van der Waals surface area contributed by atoms with Gasteiger partial charge in [0.1, 0.15) is 0 Å². The van der Waals surface area contributed by atoms with Crippen molar-refractivity contribution in [2.24, 2.45) is 5.73 Å². The number of hydrogen-bond donors (Lipinski definition) is 1. The third-order valence-electron chi connectivity index (χ3n) is 2.64. The van der Waals surface area contributed by atoms with Crippen LogP contribution in [-0.2, 0) is 6.54 Å². The van der Waals surface area contributed by atoms with E-state index in [9.17, 15) is 0 Å². The highest BCUT2D eigenvalue weighted by molar-refractivity contribution is 7.11. The van der Waals surface area contributed by atoms with Gasteiger partial charge < -0.3 is 10.6 Å². The Morgan fingerprint density at radius 3 is 2.44 bits per heavy atom. The first kappa shape index (κ1) is 13.6. The maximum Gasteiger partial charge on any atom is 0.0897 e. The van der Waals surface area contributed by atoms with Crippen molar-refractivity contribution in [2.45, 2.75) is 13.5 Å².